The molecule has 0 spiro atoms. The number of aromatic hydroxyl groups is 1. The molecule has 2 N–H and O–H groups in total. The zero-order valence-electron chi connectivity index (χ0n) is 11.8. The Bertz CT molecular complexity index is 462. The number of hydrogen-bond acceptors (Lipinski definition) is 2. The maximum Gasteiger partial charge on any atom is 0.224 e. The number of phenols is 1. The summed E-state index contributed by atoms with van der Waals surface area (Å²) in [6.07, 6.45) is 6.82. The molecule has 0 radical (unpaired) electrons. The minimum absolute atomic E-state index is 0.0973. The highest BCUT2D eigenvalue weighted by Crippen LogP contribution is 2.28. The number of benzene rings is 1. The lowest BCUT2D eigenvalue weighted by molar-refractivity contribution is -0.117. The Kier molecular flexibility index (Phi) is 4.46. The van der Waals surface area contributed by atoms with E-state index in [0.717, 1.165) is 16.8 Å². The fourth-order valence-electron chi connectivity index (χ4n) is 2.79. The number of aryl methyl sites for hydroxylation is 2. The average molecular weight is 261 g/mol. The number of phenolic OH excluding ortho intramolecular Hbond substituents is 1. The number of hydrogen-bond donors (Lipinski definition) is 2. The fourth-order valence-corrected chi connectivity index (χ4v) is 2.79. The molecular formula is C16H23NO2. The Hall–Kier alpha value is -1.51. The third kappa shape index (κ3) is 3.72. The minimum atomic E-state index is 0.0973. The van der Waals surface area contributed by atoms with Crippen LogP contribution in [0.4, 0.5) is 5.69 Å². The summed E-state index contributed by atoms with van der Waals surface area (Å²) < 4.78 is 0. The normalized spacial score (nSPS) is 16.3. The number of nitrogens with one attached hydrogen (secondary N) is 1. The predicted molar refractivity (Wildman–Crippen MR) is 77.4 cm³/mol. The van der Waals surface area contributed by atoms with Crippen LogP contribution in [0.15, 0.2) is 12.1 Å². The smallest absolute Gasteiger partial charge is 0.224 e. The summed E-state index contributed by atoms with van der Waals surface area (Å²) in [7, 11) is 0. The van der Waals surface area contributed by atoms with Crippen LogP contribution in [0.5, 0.6) is 5.75 Å². The van der Waals surface area contributed by atoms with Gasteiger partial charge in [0.05, 0.1) is 0 Å². The number of rotatable bonds is 3. The van der Waals surface area contributed by atoms with Crippen LogP contribution in [0.2, 0.25) is 0 Å². The van der Waals surface area contributed by atoms with Gasteiger partial charge in [0, 0.05) is 12.1 Å². The van der Waals surface area contributed by atoms with Crippen molar-refractivity contribution >= 4 is 11.6 Å². The van der Waals surface area contributed by atoms with Crippen LogP contribution in [0.3, 0.4) is 0 Å². The van der Waals surface area contributed by atoms with E-state index in [9.17, 15) is 9.90 Å². The first kappa shape index (κ1) is 13.9. The molecule has 0 heterocycles. The Morgan fingerprint density at radius 1 is 1.21 bits per heavy atom. The van der Waals surface area contributed by atoms with Gasteiger partial charge in [0.15, 0.2) is 0 Å². The highest BCUT2D eigenvalue weighted by molar-refractivity contribution is 5.91. The van der Waals surface area contributed by atoms with Gasteiger partial charge in [-0.2, -0.15) is 0 Å². The Morgan fingerprint density at radius 2 is 1.89 bits per heavy atom. The topological polar surface area (TPSA) is 49.3 Å². The van der Waals surface area contributed by atoms with Crippen molar-refractivity contribution in [1.82, 2.24) is 0 Å². The second kappa shape index (κ2) is 6.09. The molecule has 0 aliphatic heterocycles. The maximum absolute atomic E-state index is 12.1. The molecular weight excluding hydrogens is 238 g/mol. The van der Waals surface area contributed by atoms with Crippen LogP contribution >= 0.6 is 0 Å². The molecule has 0 atom stereocenters. The van der Waals surface area contributed by atoms with E-state index < -0.39 is 0 Å². The predicted octanol–water partition coefficient (Wildman–Crippen LogP) is 3.92. The van der Waals surface area contributed by atoms with E-state index in [4.69, 9.17) is 0 Å². The van der Waals surface area contributed by atoms with Gasteiger partial charge < -0.3 is 10.4 Å². The van der Waals surface area contributed by atoms with E-state index in [-0.39, 0.29) is 11.7 Å². The van der Waals surface area contributed by atoms with Crippen LogP contribution in [0.1, 0.15) is 49.7 Å². The zero-order valence-corrected chi connectivity index (χ0v) is 11.8. The molecule has 1 aliphatic rings. The van der Waals surface area contributed by atoms with Crippen molar-refractivity contribution in [3.05, 3.63) is 23.3 Å². The minimum Gasteiger partial charge on any atom is -0.508 e. The SMILES string of the molecule is Cc1cc(NC(=O)CC2CCCCC2)c(C)cc1O. The molecule has 19 heavy (non-hydrogen) atoms. The molecule has 1 fully saturated rings. The molecule has 2 rings (SSSR count). The third-order valence-electron chi connectivity index (χ3n) is 4.02. The van der Waals surface area contributed by atoms with E-state index >= 15 is 0 Å². The molecule has 0 aromatic heterocycles. The zero-order chi connectivity index (χ0) is 13.8. The number of carbonyl (C=O) groups is 1. The van der Waals surface area contributed by atoms with Gasteiger partial charge in [-0.1, -0.05) is 19.3 Å². The van der Waals surface area contributed by atoms with Crippen molar-refractivity contribution in [2.24, 2.45) is 5.92 Å². The van der Waals surface area contributed by atoms with Gasteiger partial charge in [-0.25, -0.2) is 0 Å². The largest absolute Gasteiger partial charge is 0.508 e. The van der Waals surface area contributed by atoms with Gasteiger partial charge in [0.25, 0.3) is 0 Å². The highest BCUT2D eigenvalue weighted by atomic mass is 16.3. The van der Waals surface area contributed by atoms with Crippen molar-refractivity contribution in [3.8, 4) is 5.75 Å². The lowest BCUT2D eigenvalue weighted by Crippen LogP contribution is -2.18. The molecule has 1 aliphatic carbocycles. The van der Waals surface area contributed by atoms with E-state index in [1.807, 2.05) is 19.9 Å². The molecule has 3 nitrogen and oxygen atoms in total. The third-order valence-corrected chi connectivity index (χ3v) is 4.02. The highest BCUT2D eigenvalue weighted by Gasteiger charge is 2.17. The number of carbonyl (C=O) groups excluding carboxylic acids is 1. The number of anilines is 1. The van der Waals surface area contributed by atoms with Gasteiger partial charge in [-0.3, -0.25) is 4.79 Å². The Morgan fingerprint density at radius 3 is 2.58 bits per heavy atom. The summed E-state index contributed by atoms with van der Waals surface area (Å²) in [5, 5.41) is 12.6. The molecule has 1 amide bonds. The molecule has 1 aromatic rings. The molecule has 1 aromatic carbocycles. The van der Waals surface area contributed by atoms with Crippen LogP contribution in [0.25, 0.3) is 0 Å². The summed E-state index contributed by atoms with van der Waals surface area (Å²) in [6, 6.07) is 3.54. The van der Waals surface area contributed by atoms with Crippen molar-refractivity contribution in [1.29, 1.82) is 0 Å². The van der Waals surface area contributed by atoms with E-state index in [2.05, 4.69) is 5.32 Å². The Labute approximate surface area is 115 Å². The van der Waals surface area contributed by atoms with Crippen molar-refractivity contribution < 1.29 is 9.90 Å². The molecule has 0 unspecified atom stereocenters. The fraction of sp³-hybridized carbons (Fsp3) is 0.562. The summed E-state index contributed by atoms with van der Waals surface area (Å²) in [4.78, 5) is 12.1. The summed E-state index contributed by atoms with van der Waals surface area (Å²) in [5.74, 6) is 0.926. The van der Waals surface area contributed by atoms with Gasteiger partial charge in [-0.15, -0.1) is 0 Å². The van der Waals surface area contributed by atoms with E-state index in [1.165, 1.54) is 32.1 Å². The van der Waals surface area contributed by atoms with Crippen molar-refractivity contribution in [2.45, 2.75) is 52.4 Å². The lowest BCUT2D eigenvalue weighted by Gasteiger charge is -2.21. The first-order valence-corrected chi connectivity index (χ1v) is 7.16. The average Bonchev–Trinajstić information content (AvgIpc) is 2.37. The van der Waals surface area contributed by atoms with Crippen molar-refractivity contribution in [2.75, 3.05) is 5.32 Å². The van der Waals surface area contributed by atoms with Crippen LogP contribution in [-0.4, -0.2) is 11.0 Å². The summed E-state index contributed by atoms with van der Waals surface area (Å²) >= 11 is 0. The molecule has 0 bridgehead atoms. The molecule has 1 saturated carbocycles. The van der Waals surface area contributed by atoms with Gasteiger partial charge in [-0.05, 0) is 55.9 Å². The monoisotopic (exact) mass is 261 g/mol. The molecule has 0 saturated heterocycles. The second-order valence-electron chi connectivity index (χ2n) is 5.71. The van der Waals surface area contributed by atoms with Gasteiger partial charge in [0.2, 0.25) is 5.91 Å². The lowest BCUT2D eigenvalue weighted by atomic mass is 9.87. The molecule has 3 heteroatoms. The standard InChI is InChI=1S/C16H23NO2/c1-11-9-15(18)12(2)8-14(11)17-16(19)10-13-6-4-3-5-7-13/h8-9,13,18H,3-7,10H2,1-2H3,(H,17,19). The van der Waals surface area contributed by atoms with E-state index in [0.29, 0.717) is 12.3 Å². The van der Waals surface area contributed by atoms with Crippen LogP contribution in [-0.2, 0) is 4.79 Å². The molecule has 104 valence electrons. The van der Waals surface area contributed by atoms with Gasteiger partial charge >= 0.3 is 0 Å². The summed E-state index contributed by atoms with van der Waals surface area (Å²) in [5.41, 5.74) is 2.51. The van der Waals surface area contributed by atoms with Crippen molar-refractivity contribution in [3.63, 3.8) is 0 Å². The van der Waals surface area contributed by atoms with E-state index in [1.54, 1.807) is 6.07 Å². The quantitative estimate of drug-likeness (QED) is 0.810. The van der Waals surface area contributed by atoms with Crippen LogP contribution < -0.4 is 5.32 Å². The first-order valence-electron chi connectivity index (χ1n) is 7.16. The van der Waals surface area contributed by atoms with Crippen LogP contribution in [0, 0.1) is 19.8 Å². The van der Waals surface area contributed by atoms with Gasteiger partial charge in [0.1, 0.15) is 5.75 Å². The summed E-state index contributed by atoms with van der Waals surface area (Å²) in [6.45, 7) is 3.74. The first-order chi connectivity index (χ1) is 9.06. The second-order valence-corrected chi connectivity index (χ2v) is 5.71. The Balaban J connectivity index is 1.96. The maximum atomic E-state index is 12.1. The number of amides is 1.